The first kappa shape index (κ1) is 11.7. The van der Waals surface area contributed by atoms with Crippen molar-refractivity contribution in [2.45, 2.75) is 31.7 Å². The Kier molecular flexibility index (Phi) is 4.43. The molecule has 3 nitrogen and oxygen atoms in total. The van der Waals surface area contributed by atoms with Crippen molar-refractivity contribution in [1.29, 1.82) is 0 Å². The lowest BCUT2D eigenvalue weighted by Gasteiger charge is -2.23. The van der Waals surface area contributed by atoms with Gasteiger partial charge in [-0.25, -0.2) is 4.98 Å². The number of piperidine rings is 1. The summed E-state index contributed by atoms with van der Waals surface area (Å²) < 4.78 is 5.56. The predicted molar refractivity (Wildman–Crippen MR) is 65.0 cm³/mol. The smallest absolute Gasteiger partial charge is 0.232 e. The Labute approximate surface area is 101 Å². The summed E-state index contributed by atoms with van der Waals surface area (Å²) in [4.78, 5) is 4.09. The van der Waals surface area contributed by atoms with Gasteiger partial charge in [0.1, 0.15) is 5.02 Å². The minimum atomic E-state index is 0.542. The summed E-state index contributed by atoms with van der Waals surface area (Å²) in [6.45, 7) is 1.81. The second-order valence-corrected chi connectivity index (χ2v) is 4.48. The largest absolute Gasteiger partial charge is 0.477 e. The average Bonchev–Trinajstić information content (AvgIpc) is 2.33. The fraction of sp³-hybridized carbons (Fsp3) is 0.583. The molecule has 1 aromatic heterocycles. The van der Waals surface area contributed by atoms with Crippen molar-refractivity contribution in [2.75, 3.05) is 13.2 Å². The van der Waals surface area contributed by atoms with Crippen LogP contribution in [-0.4, -0.2) is 24.2 Å². The lowest BCUT2D eigenvalue weighted by atomic mass is 10.0. The van der Waals surface area contributed by atoms with Crippen molar-refractivity contribution in [1.82, 2.24) is 10.3 Å². The van der Waals surface area contributed by atoms with Crippen LogP contribution < -0.4 is 10.1 Å². The zero-order chi connectivity index (χ0) is 11.2. The maximum atomic E-state index is 5.94. The summed E-state index contributed by atoms with van der Waals surface area (Å²) >= 11 is 5.94. The van der Waals surface area contributed by atoms with E-state index in [9.17, 15) is 0 Å². The van der Waals surface area contributed by atoms with E-state index >= 15 is 0 Å². The zero-order valence-corrected chi connectivity index (χ0v) is 10.0. The van der Waals surface area contributed by atoms with Crippen LogP contribution in [0.2, 0.25) is 5.02 Å². The Hall–Kier alpha value is -0.800. The van der Waals surface area contributed by atoms with Gasteiger partial charge in [0.2, 0.25) is 5.88 Å². The second-order valence-electron chi connectivity index (χ2n) is 4.07. The van der Waals surface area contributed by atoms with Gasteiger partial charge in [0.25, 0.3) is 0 Å². The lowest BCUT2D eigenvalue weighted by molar-refractivity contribution is 0.261. The van der Waals surface area contributed by atoms with E-state index in [-0.39, 0.29) is 0 Å². The van der Waals surface area contributed by atoms with Gasteiger partial charge >= 0.3 is 0 Å². The molecule has 1 fully saturated rings. The summed E-state index contributed by atoms with van der Waals surface area (Å²) in [5.41, 5.74) is 0. The number of nitrogens with one attached hydrogen (secondary N) is 1. The molecule has 0 amide bonds. The molecule has 1 N–H and O–H groups in total. The zero-order valence-electron chi connectivity index (χ0n) is 9.29. The Bertz CT molecular complexity index is 327. The molecule has 0 aromatic carbocycles. The van der Waals surface area contributed by atoms with Crippen LogP contribution in [0.15, 0.2) is 18.3 Å². The Balaban J connectivity index is 1.73. The number of halogens is 1. The highest BCUT2D eigenvalue weighted by atomic mass is 35.5. The highest BCUT2D eigenvalue weighted by Crippen LogP contribution is 2.20. The molecule has 0 aliphatic carbocycles. The van der Waals surface area contributed by atoms with E-state index in [1.165, 1.54) is 19.3 Å². The average molecular weight is 241 g/mol. The summed E-state index contributed by atoms with van der Waals surface area (Å²) in [6, 6.07) is 4.19. The quantitative estimate of drug-likeness (QED) is 0.879. The summed E-state index contributed by atoms with van der Waals surface area (Å²) in [5.74, 6) is 0.542. The number of aromatic nitrogens is 1. The van der Waals surface area contributed by atoms with Crippen LogP contribution in [0.4, 0.5) is 0 Å². The van der Waals surface area contributed by atoms with Gasteiger partial charge in [-0.05, 0) is 37.9 Å². The normalized spacial score (nSPS) is 20.7. The maximum Gasteiger partial charge on any atom is 0.232 e. The molecular formula is C12H17ClN2O. The lowest BCUT2D eigenvalue weighted by Crippen LogP contribution is -2.35. The number of pyridine rings is 1. The molecule has 1 unspecified atom stereocenters. The van der Waals surface area contributed by atoms with E-state index < -0.39 is 0 Å². The van der Waals surface area contributed by atoms with Gasteiger partial charge in [-0.2, -0.15) is 0 Å². The Morgan fingerprint density at radius 3 is 3.19 bits per heavy atom. The number of hydrogen-bond donors (Lipinski definition) is 1. The van der Waals surface area contributed by atoms with Crippen molar-refractivity contribution < 1.29 is 4.74 Å². The van der Waals surface area contributed by atoms with E-state index in [2.05, 4.69) is 10.3 Å². The number of ether oxygens (including phenoxy) is 1. The molecule has 0 spiro atoms. The second kappa shape index (κ2) is 6.06. The molecule has 1 aromatic rings. The minimum absolute atomic E-state index is 0.542. The third-order valence-corrected chi connectivity index (χ3v) is 3.13. The third kappa shape index (κ3) is 3.35. The fourth-order valence-electron chi connectivity index (χ4n) is 1.95. The molecule has 1 saturated heterocycles. The first-order valence-corrected chi connectivity index (χ1v) is 6.21. The van der Waals surface area contributed by atoms with E-state index in [1.807, 2.05) is 0 Å². The highest BCUT2D eigenvalue weighted by Gasteiger charge is 2.12. The van der Waals surface area contributed by atoms with Crippen molar-refractivity contribution in [2.24, 2.45) is 0 Å². The Morgan fingerprint density at radius 2 is 2.44 bits per heavy atom. The van der Waals surface area contributed by atoms with Gasteiger partial charge < -0.3 is 10.1 Å². The van der Waals surface area contributed by atoms with Crippen LogP contribution >= 0.6 is 11.6 Å². The molecule has 16 heavy (non-hydrogen) atoms. The summed E-state index contributed by atoms with van der Waals surface area (Å²) in [5, 5.41) is 4.07. The third-order valence-electron chi connectivity index (χ3n) is 2.84. The van der Waals surface area contributed by atoms with Crippen LogP contribution in [0.25, 0.3) is 0 Å². The number of nitrogens with zero attached hydrogens (tertiary/aromatic N) is 1. The van der Waals surface area contributed by atoms with Crippen LogP contribution in [-0.2, 0) is 0 Å². The number of hydrogen-bond acceptors (Lipinski definition) is 3. The van der Waals surface area contributed by atoms with Crippen LogP contribution in [0.1, 0.15) is 25.7 Å². The standard InChI is InChI=1S/C12H17ClN2O/c13-11-5-3-8-15-12(11)16-9-6-10-4-1-2-7-14-10/h3,5,8,10,14H,1-2,4,6-7,9H2. The Morgan fingerprint density at radius 1 is 1.50 bits per heavy atom. The molecular weight excluding hydrogens is 224 g/mol. The van der Waals surface area contributed by atoms with Gasteiger partial charge in [0, 0.05) is 12.2 Å². The SMILES string of the molecule is Clc1cccnc1OCCC1CCCCN1. The molecule has 1 atom stereocenters. The molecule has 0 bridgehead atoms. The summed E-state index contributed by atoms with van der Waals surface area (Å²) in [6.07, 6.45) is 6.58. The molecule has 0 radical (unpaired) electrons. The molecule has 4 heteroatoms. The van der Waals surface area contributed by atoms with Crippen LogP contribution in [0.3, 0.4) is 0 Å². The van der Waals surface area contributed by atoms with E-state index in [4.69, 9.17) is 16.3 Å². The molecule has 88 valence electrons. The van der Waals surface area contributed by atoms with Gasteiger partial charge in [-0.1, -0.05) is 18.0 Å². The van der Waals surface area contributed by atoms with Gasteiger partial charge in [0.05, 0.1) is 6.61 Å². The first-order chi connectivity index (χ1) is 7.86. The van der Waals surface area contributed by atoms with Gasteiger partial charge in [0.15, 0.2) is 0 Å². The van der Waals surface area contributed by atoms with Crippen molar-refractivity contribution >= 4 is 11.6 Å². The monoisotopic (exact) mass is 240 g/mol. The highest BCUT2D eigenvalue weighted by molar-refractivity contribution is 6.31. The van der Waals surface area contributed by atoms with Crippen molar-refractivity contribution in [3.63, 3.8) is 0 Å². The molecule has 2 rings (SSSR count). The van der Waals surface area contributed by atoms with Gasteiger partial charge in [-0.15, -0.1) is 0 Å². The predicted octanol–water partition coefficient (Wildman–Crippen LogP) is 2.65. The van der Waals surface area contributed by atoms with Crippen LogP contribution in [0.5, 0.6) is 5.88 Å². The fourth-order valence-corrected chi connectivity index (χ4v) is 2.12. The van der Waals surface area contributed by atoms with Gasteiger partial charge in [-0.3, -0.25) is 0 Å². The van der Waals surface area contributed by atoms with Crippen LogP contribution in [0, 0.1) is 0 Å². The topological polar surface area (TPSA) is 34.1 Å². The molecule has 1 aliphatic rings. The van der Waals surface area contributed by atoms with Crippen molar-refractivity contribution in [3.8, 4) is 5.88 Å². The van der Waals surface area contributed by atoms with E-state index in [0.717, 1.165) is 13.0 Å². The molecule has 0 saturated carbocycles. The van der Waals surface area contributed by atoms with E-state index in [0.29, 0.717) is 23.6 Å². The van der Waals surface area contributed by atoms with Crippen molar-refractivity contribution in [3.05, 3.63) is 23.4 Å². The van der Waals surface area contributed by atoms with E-state index in [1.54, 1.807) is 18.3 Å². The maximum absolute atomic E-state index is 5.94. The summed E-state index contributed by atoms with van der Waals surface area (Å²) in [7, 11) is 0. The number of rotatable bonds is 4. The first-order valence-electron chi connectivity index (χ1n) is 5.83. The molecule has 2 heterocycles. The molecule has 1 aliphatic heterocycles. The minimum Gasteiger partial charge on any atom is -0.477 e.